The number of hydrogen-bond acceptors (Lipinski definition) is 8. The molecule has 0 aliphatic carbocycles. The van der Waals surface area contributed by atoms with E-state index >= 15 is 0 Å². The maximum atomic E-state index is 12.9. The molecule has 2 aromatic rings. The number of sulfonamides is 1. The van der Waals surface area contributed by atoms with Crippen LogP contribution in [-0.2, 0) is 19.6 Å². The van der Waals surface area contributed by atoms with Gasteiger partial charge in [-0.3, -0.25) is 4.79 Å². The molecule has 0 bridgehead atoms. The van der Waals surface area contributed by atoms with Crippen molar-refractivity contribution in [1.82, 2.24) is 4.31 Å². The molecule has 2 aromatic carbocycles. The first-order valence-corrected chi connectivity index (χ1v) is 12.2. The Morgan fingerprint density at radius 3 is 2.31 bits per heavy atom. The number of carbonyl (C=O) groups excluding carboxylic acids is 1. The molecule has 0 unspecified atom stereocenters. The van der Waals surface area contributed by atoms with Crippen molar-refractivity contribution in [3.8, 4) is 17.2 Å². The van der Waals surface area contributed by atoms with Gasteiger partial charge in [-0.15, -0.1) is 11.8 Å². The van der Waals surface area contributed by atoms with E-state index in [0.717, 1.165) is 4.90 Å². The van der Waals surface area contributed by atoms with Crippen molar-refractivity contribution in [2.45, 2.75) is 9.79 Å². The molecule has 1 saturated heterocycles. The summed E-state index contributed by atoms with van der Waals surface area (Å²) in [7, 11) is 0.858. The minimum Gasteiger partial charge on any atom is -0.495 e. The molecule has 1 heterocycles. The highest BCUT2D eigenvalue weighted by Crippen LogP contribution is 2.33. The van der Waals surface area contributed by atoms with Crippen molar-refractivity contribution >= 4 is 33.4 Å². The second-order valence-corrected chi connectivity index (χ2v) is 9.72. The van der Waals surface area contributed by atoms with Crippen LogP contribution in [0.3, 0.4) is 0 Å². The number of nitrogens with zero attached hydrogens (tertiary/aromatic N) is 1. The van der Waals surface area contributed by atoms with Crippen LogP contribution in [0.2, 0.25) is 0 Å². The number of anilines is 1. The monoisotopic (exact) mass is 482 g/mol. The van der Waals surface area contributed by atoms with Crippen molar-refractivity contribution < 1.29 is 32.2 Å². The third kappa shape index (κ3) is 5.66. The van der Waals surface area contributed by atoms with Crippen molar-refractivity contribution in [2.24, 2.45) is 0 Å². The Balaban J connectivity index is 1.72. The summed E-state index contributed by atoms with van der Waals surface area (Å²) in [6.45, 7) is 1.29. The van der Waals surface area contributed by atoms with Gasteiger partial charge in [-0.1, -0.05) is 0 Å². The predicted molar refractivity (Wildman–Crippen MR) is 121 cm³/mol. The molecule has 174 valence electrons. The van der Waals surface area contributed by atoms with Crippen LogP contribution in [0.4, 0.5) is 5.69 Å². The summed E-state index contributed by atoms with van der Waals surface area (Å²) in [6, 6.07) is 9.80. The molecule has 1 N–H and O–H groups in total. The normalized spacial score (nSPS) is 14.6. The van der Waals surface area contributed by atoms with Gasteiger partial charge in [-0.25, -0.2) is 8.42 Å². The fourth-order valence-corrected chi connectivity index (χ4v) is 5.28. The van der Waals surface area contributed by atoms with Crippen LogP contribution in [-0.4, -0.2) is 72.0 Å². The molecule has 1 aliphatic rings. The lowest BCUT2D eigenvalue weighted by Gasteiger charge is -2.26. The van der Waals surface area contributed by atoms with E-state index in [1.165, 1.54) is 41.4 Å². The SMILES string of the molecule is COc1ccc(S(=O)(=O)N2CCOCC2)cc1NC(=O)CSc1ccc(OC)c(OC)c1. The second kappa shape index (κ2) is 10.9. The molecule has 0 aromatic heterocycles. The van der Waals surface area contributed by atoms with Crippen LogP contribution in [0.5, 0.6) is 17.2 Å². The summed E-state index contributed by atoms with van der Waals surface area (Å²) in [4.78, 5) is 13.5. The topological polar surface area (TPSA) is 103 Å². The van der Waals surface area contributed by atoms with Crippen LogP contribution in [0.15, 0.2) is 46.2 Å². The van der Waals surface area contributed by atoms with Gasteiger partial charge in [0.15, 0.2) is 11.5 Å². The highest BCUT2D eigenvalue weighted by Gasteiger charge is 2.27. The molecule has 0 atom stereocenters. The third-order valence-electron chi connectivity index (χ3n) is 4.78. The van der Waals surface area contributed by atoms with Crippen LogP contribution in [0.25, 0.3) is 0 Å². The summed E-state index contributed by atoms with van der Waals surface area (Å²) in [6.07, 6.45) is 0. The number of benzene rings is 2. The van der Waals surface area contributed by atoms with E-state index < -0.39 is 10.0 Å². The quantitative estimate of drug-likeness (QED) is 0.544. The fraction of sp³-hybridized carbons (Fsp3) is 0.381. The number of amides is 1. The van der Waals surface area contributed by atoms with Gasteiger partial charge in [0.25, 0.3) is 0 Å². The van der Waals surface area contributed by atoms with Crippen LogP contribution in [0, 0.1) is 0 Å². The van der Waals surface area contributed by atoms with Gasteiger partial charge in [-0.05, 0) is 36.4 Å². The van der Waals surface area contributed by atoms with Crippen molar-refractivity contribution in [2.75, 3.05) is 58.7 Å². The molecule has 11 heteroatoms. The lowest BCUT2D eigenvalue weighted by atomic mass is 10.3. The van der Waals surface area contributed by atoms with Gasteiger partial charge < -0.3 is 24.3 Å². The summed E-state index contributed by atoms with van der Waals surface area (Å²) < 4.78 is 48.3. The van der Waals surface area contributed by atoms with Gasteiger partial charge in [0.05, 0.1) is 50.9 Å². The molecule has 1 fully saturated rings. The Hall–Kier alpha value is -2.47. The maximum Gasteiger partial charge on any atom is 0.243 e. The number of thioether (sulfide) groups is 1. The molecule has 0 radical (unpaired) electrons. The van der Waals surface area contributed by atoms with E-state index in [2.05, 4.69) is 5.32 Å². The average Bonchev–Trinajstić information content (AvgIpc) is 2.83. The molecule has 32 heavy (non-hydrogen) atoms. The Labute approximate surface area is 192 Å². The zero-order valence-electron chi connectivity index (χ0n) is 18.1. The van der Waals surface area contributed by atoms with Crippen LogP contribution in [0.1, 0.15) is 0 Å². The van der Waals surface area contributed by atoms with Crippen molar-refractivity contribution in [1.29, 1.82) is 0 Å². The highest BCUT2D eigenvalue weighted by molar-refractivity contribution is 8.00. The van der Waals surface area contributed by atoms with Crippen molar-refractivity contribution in [3.05, 3.63) is 36.4 Å². The smallest absolute Gasteiger partial charge is 0.243 e. The first-order chi connectivity index (χ1) is 15.4. The zero-order valence-corrected chi connectivity index (χ0v) is 19.8. The minimum absolute atomic E-state index is 0.0862. The van der Waals surface area contributed by atoms with Gasteiger partial charge in [-0.2, -0.15) is 4.31 Å². The number of ether oxygens (including phenoxy) is 4. The molecular formula is C21H26N2O7S2. The fourth-order valence-electron chi connectivity index (χ4n) is 3.12. The number of hydrogen-bond donors (Lipinski definition) is 1. The molecule has 1 aliphatic heterocycles. The minimum atomic E-state index is -3.70. The van der Waals surface area contributed by atoms with E-state index in [1.807, 2.05) is 6.07 Å². The molecule has 1 amide bonds. The summed E-state index contributed by atoms with van der Waals surface area (Å²) in [5.41, 5.74) is 0.291. The van der Waals surface area contributed by atoms with Gasteiger partial charge in [0, 0.05) is 18.0 Å². The number of methoxy groups -OCH3 is 3. The Morgan fingerprint density at radius 2 is 1.66 bits per heavy atom. The number of rotatable bonds is 9. The molecular weight excluding hydrogens is 456 g/mol. The van der Waals surface area contributed by atoms with Crippen LogP contribution < -0.4 is 19.5 Å². The summed E-state index contributed by atoms with van der Waals surface area (Å²) in [5, 5.41) is 2.75. The molecule has 3 rings (SSSR count). The number of morpholine rings is 1. The van der Waals surface area contributed by atoms with E-state index in [4.69, 9.17) is 18.9 Å². The Morgan fingerprint density at radius 1 is 1.00 bits per heavy atom. The standard InChI is InChI=1S/C21H26N2O7S2/c1-27-18-7-5-16(32(25,26)23-8-10-30-11-9-23)13-17(18)22-21(24)14-31-15-4-6-19(28-2)20(12-15)29-3/h4-7,12-13H,8-11,14H2,1-3H3,(H,22,24). The molecule has 9 nitrogen and oxygen atoms in total. The summed E-state index contributed by atoms with van der Waals surface area (Å²) in [5.74, 6) is 1.35. The van der Waals surface area contributed by atoms with E-state index in [0.29, 0.717) is 36.1 Å². The van der Waals surface area contributed by atoms with E-state index in [9.17, 15) is 13.2 Å². The number of nitrogens with one attached hydrogen (secondary N) is 1. The van der Waals surface area contributed by atoms with Gasteiger partial charge in [0.2, 0.25) is 15.9 Å². The highest BCUT2D eigenvalue weighted by atomic mass is 32.2. The lowest BCUT2D eigenvalue weighted by Crippen LogP contribution is -2.40. The largest absolute Gasteiger partial charge is 0.495 e. The zero-order chi connectivity index (χ0) is 23.1. The number of carbonyl (C=O) groups is 1. The van der Waals surface area contributed by atoms with E-state index in [-0.39, 0.29) is 29.6 Å². The van der Waals surface area contributed by atoms with Gasteiger partial charge in [0.1, 0.15) is 5.75 Å². The maximum absolute atomic E-state index is 12.9. The van der Waals surface area contributed by atoms with Crippen molar-refractivity contribution in [3.63, 3.8) is 0 Å². The first-order valence-electron chi connectivity index (χ1n) is 9.79. The van der Waals surface area contributed by atoms with Crippen LogP contribution >= 0.6 is 11.8 Å². The predicted octanol–water partition coefficient (Wildman–Crippen LogP) is 2.46. The Bertz CT molecular complexity index is 1050. The summed E-state index contributed by atoms with van der Waals surface area (Å²) >= 11 is 1.31. The third-order valence-corrected chi connectivity index (χ3v) is 7.67. The lowest BCUT2D eigenvalue weighted by molar-refractivity contribution is -0.113. The second-order valence-electron chi connectivity index (χ2n) is 6.73. The van der Waals surface area contributed by atoms with Gasteiger partial charge >= 0.3 is 0 Å². The molecule has 0 saturated carbocycles. The first kappa shape index (κ1) is 24.2. The van der Waals surface area contributed by atoms with E-state index in [1.54, 1.807) is 26.4 Å². The Kier molecular flexibility index (Phi) is 8.24. The molecule has 0 spiro atoms. The average molecular weight is 483 g/mol.